The Morgan fingerprint density at radius 3 is 2.65 bits per heavy atom. The van der Waals surface area contributed by atoms with Crippen LogP contribution in [0.2, 0.25) is 0 Å². The predicted molar refractivity (Wildman–Crippen MR) is 85.0 cm³/mol. The quantitative estimate of drug-likeness (QED) is 0.402. The van der Waals surface area contributed by atoms with E-state index >= 15 is 0 Å². The van der Waals surface area contributed by atoms with Crippen molar-refractivity contribution >= 4 is 23.1 Å². The molecule has 5 nitrogen and oxygen atoms in total. The lowest BCUT2D eigenvalue weighted by Gasteiger charge is -2.08. The van der Waals surface area contributed by atoms with Gasteiger partial charge in [0, 0.05) is 24.4 Å². The number of thioether (sulfide) groups is 1. The number of benzene rings is 1. The number of methoxy groups -OCH3 is 1. The van der Waals surface area contributed by atoms with E-state index in [0.717, 1.165) is 18.7 Å². The van der Waals surface area contributed by atoms with Crippen molar-refractivity contribution in [3.8, 4) is 5.75 Å². The molecule has 0 atom stereocenters. The average Bonchev–Trinajstić information content (AvgIpc) is 2.46. The van der Waals surface area contributed by atoms with Crippen molar-refractivity contribution < 1.29 is 9.66 Å². The van der Waals surface area contributed by atoms with Gasteiger partial charge >= 0.3 is 0 Å². The molecule has 0 heterocycles. The Balaban J connectivity index is 2.39. The highest BCUT2D eigenvalue weighted by atomic mass is 32.2. The Hall–Kier alpha value is -1.43. The highest BCUT2D eigenvalue weighted by molar-refractivity contribution is 7.98. The number of unbranched alkanes of at least 4 members (excludes halogenated alkanes) is 3. The van der Waals surface area contributed by atoms with Crippen molar-refractivity contribution in [2.24, 2.45) is 0 Å². The van der Waals surface area contributed by atoms with Crippen LogP contribution in [0.15, 0.2) is 18.2 Å². The van der Waals surface area contributed by atoms with Gasteiger partial charge in [-0.2, -0.15) is 11.8 Å². The molecule has 0 fully saturated rings. The first kappa shape index (κ1) is 16.6. The summed E-state index contributed by atoms with van der Waals surface area (Å²) in [5.74, 6) is 1.72. The molecule has 0 amide bonds. The van der Waals surface area contributed by atoms with Crippen LogP contribution in [0.5, 0.6) is 5.75 Å². The first-order valence-electron chi connectivity index (χ1n) is 6.73. The highest BCUT2D eigenvalue weighted by Crippen LogP contribution is 2.25. The third-order valence-corrected chi connectivity index (χ3v) is 3.64. The molecule has 0 spiro atoms. The van der Waals surface area contributed by atoms with Crippen LogP contribution in [-0.2, 0) is 0 Å². The lowest BCUT2D eigenvalue weighted by atomic mass is 10.2. The van der Waals surface area contributed by atoms with E-state index in [1.807, 2.05) is 11.8 Å². The molecule has 1 aromatic rings. The first-order chi connectivity index (χ1) is 9.67. The maximum absolute atomic E-state index is 10.8. The Kier molecular flexibility index (Phi) is 7.87. The Morgan fingerprint density at radius 1 is 1.25 bits per heavy atom. The monoisotopic (exact) mass is 298 g/mol. The third kappa shape index (κ3) is 6.14. The molecule has 0 saturated carbocycles. The van der Waals surface area contributed by atoms with Crippen molar-refractivity contribution in [1.82, 2.24) is 0 Å². The molecule has 6 heteroatoms. The summed E-state index contributed by atoms with van der Waals surface area (Å²) < 4.78 is 5.07. The summed E-state index contributed by atoms with van der Waals surface area (Å²) in [6.45, 7) is 0.823. The van der Waals surface area contributed by atoms with Gasteiger partial charge in [-0.1, -0.05) is 12.8 Å². The first-order valence-corrected chi connectivity index (χ1v) is 8.13. The van der Waals surface area contributed by atoms with Crippen LogP contribution in [0.4, 0.5) is 11.4 Å². The molecular weight excluding hydrogens is 276 g/mol. The lowest BCUT2D eigenvalue weighted by Crippen LogP contribution is -2.02. The van der Waals surface area contributed by atoms with Crippen LogP contribution in [-0.4, -0.2) is 30.6 Å². The number of ether oxygens (including phenoxy) is 1. The van der Waals surface area contributed by atoms with Crippen molar-refractivity contribution in [2.75, 3.05) is 31.0 Å². The van der Waals surface area contributed by atoms with Crippen LogP contribution in [0, 0.1) is 10.1 Å². The molecule has 20 heavy (non-hydrogen) atoms. The summed E-state index contributed by atoms with van der Waals surface area (Å²) in [6, 6.07) is 4.74. The lowest BCUT2D eigenvalue weighted by molar-refractivity contribution is -0.384. The van der Waals surface area contributed by atoms with E-state index in [0.29, 0.717) is 5.75 Å². The molecule has 0 aliphatic rings. The van der Waals surface area contributed by atoms with Crippen LogP contribution in [0.3, 0.4) is 0 Å². The number of anilines is 1. The average molecular weight is 298 g/mol. The summed E-state index contributed by atoms with van der Waals surface area (Å²) >= 11 is 1.88. The van der Waals surface area contributed by atoms with Gasteiger partial charge in [-0.25, -0.2) is 0 Å². The van der Waals surface area contributed by atoms with Gasteiger partial charge in [0.05, 0.1) is 18.1 Å². The van der Waals surface area contributed by atoms with Gasteiger partial charge in [-0.3, -0.25) is 10.1 Å². The predicted octanol–water partition coefficient (Wildman–Crippen LogP) is 3.94. The van der Waals surface area contributed by atoms with Crippen molar-refractivity contribution in [2.45, 2.75) is 25.7 Å². The SMILES string of the molecule is COc1cc(NCCCCCCSC)cc([N+](=O)[O-])c1. The minimum atomic E-state index is -0.407. The van der Waals surface area contributed by atoms with Gasteiger partial charge in [0.2, 0.25) is 0 Å². The minimum absolute atomic E-state index is 0.0480. The number of nitrogens with one attached hydrogen (secondary N) is 1. The molecule has 1 rings (SSSR count). The molecule has 0 saturated heterocycles. The summed E-state index contributed by atoms with van der Waals surface area (Å²) in [7, 11) is 1.51. The Morgan fingerprint density at radius 2 is 2.00 bits per heavy atom. The number of nitro benzene ring substituents is 1. The van der Waals surface area contributed by atoms with Crippen LogP contribution < -0.4 is 10.1 Å². The summed E-state index contributed by atoms with van der Waals surface area (Å²) in [4.78, 5) is 10.4. The molecule has 0 aliphatic carbocycles. The van der Waals surface area contributed by atoms with Crippen molar-refractivity contribution in [3.63, 3.8) is 0 Å². The zero-order valence-electron chi connectivity index (χ0n) is 12.1. The van der Waals surface area contributed by atoms with E-state index in [1.54, 1.807) is 6.07 Å². The second-order valence-corrected chi connectivity index (χ2v) is 5.50. The summed E-state index contributed by atoms with van der Waals surface area (Å²) in [5, 5.41) is 14.0. The normalized spacial score (nSPS) is 10.3. The third-order valence-electron chi connectivity index (χ3n) is 2.94. The second-order valence-electron chi connectivity index (χ2n) is 4.51. The number of hydrogen-bond acceptors (Lipinski definition) is 5. The van der Waals surface area contributed by atoms with Gasteiger partial charge in [-0.05, 0) is 24.9 Å². The van der Waals surface area contributed by atoms with Gasteiger partial charge in [-0.15, -0.1) is 0 Å². The Labute approximate surface area is 124 Å². The number of rotatable bonds is 10. The minimum Gasteiger partial charge on any atom is -0.496 e. The van der Waals surface area contributed by atoms with Crippen molar-refractivity contribution in [1.29, 1.82) is 0 Å². The second kappa shape index (κ2) is 9.47. The highest BCUT2D eigenvalue weighted by Gasteiger charge is 2.09. The van der Waals surface area contributed by atoms with Crippen LogP contribution >= 0.6 is 11.8 Å². The molecule has 1 aromatic carbocycles. The standard InChI is InChI=1S/C14H22N2O3S/c1-19-14-10-12(9-13(11-14)16(17)18)15-7-5-3-4-6-8-20-2/h9-11,15H,3-8H2,1-2H3. The number of non-ortho nitro benzene ring substituents is 1. The van der Waals surface area contributed by atoms with Crippen molar-refractivity contribution in [3.05, 3.63) is 28.3 Å². The van der Waals surface area contributed by atoms with Crippen LogP contribution in [0.25, 0.3) is 0 Å². The van der Waals surface area contributed by atoms with E-state index in [9.17, 15) is 10.1 Å². The molecule has 1 N–H and O–H groups in total. The van der Waals surface area contributed by atoms with Gasteiger partial charge in [0.25, 0.3) is 5.69 Å². The topological polar surface area (TPSA) is 64.4 Å². The number of nitro groups is 1. The van der Waals surface area contributed by atoms with E-state index in [2.05, 4.69) is 11.6 Å². The fraction of sp³-hybridized carbons (Fsp3) is 0.571. The largest absolute Gasteiger partial charge is 0.496 e. The smallest absolute Gasteiger partial charge is 0.275 e. The zero-order valence-corrected chi connectivity index (χ0v) is 12.9. The Bertz CT molecular complexity index is 427. The van der Waals surface area contributed by atoms with Gasteiger partial charge in [0.15, 0.2) is 0 Å². The summed E-state index contributed by atoms with van der Waals surface area (Å²) in [6.07, 6.45) is 6.86. The van der Waals surface area contributed by atoms with Crippen LogP contribution in [0.1, 0.15) is 25.7 Å². The maximum Gasteiger partial charge on any atom is 0.275 e. The van der Waals surface area contributed by atoms with Gasteiger partial charge < -0.3 is 10.1 Å². The summed E-state index contributed by atoms with van der Waals surface area (Å²) in [5.41, 5.74) is 0.784. The molecule has 112 valence electrons. The molecule has 0 aliphatic heterocycles. The molecule has 0 unspecified atom stereocenters. The number of nitrogens with zero attached hydrogens (tertiary/aromatic N) is 1. The fourth-order valence-electron chi connectivity index (χ4n) is 1.87. The van der Waals surface area contributed by atoms with E-state index in [4.69, 9.17) is 4.74 Å². The maximum atomic E-state index is 10.8. The molecule has 0 radical (unpaired) electrons. The molecule has 0 bridgehead atoms. The zero-order chi connectivity index (χ0) is 14.8. The number of hydrogen-bond donors (Lipinski definition) is 1. The van der Waals surface area contributed by atoms with E-state index < -0.39 is 4.92 Å². The van der Waals surface area contributed by atoms with E-state index in [-0.39, 0.29) is 5.69 Å². The molecule has 0 aromatic heterocycles. The molecular formula is C14H22N2O3S. The van der Waals surface area contributed by atoms with Gasteiger partial charge in [0.1, 0.15) is 5.75 Å². The van der Waals surface area contributed by atoms with E-state index in [1.165, 1.54) is 44.3 Å². The fourth-order valence-corrected chi connectivity index (χ4v) is 2.36.